The van der Waals surface area contributed by atoms with Gasteiger partial charge < -0.3 is 14.4 Å². The molecule has 2 heterocycles. The van der Waals surface area contributed by atoms with E-state index in [1.54, 1.807) is 17.0 Å². The largest absolute Gasteiger partial charge is 0.379 e. The summed E-state index contributed by atoms with van der Waals surface area (Å²) in [6.45, 7) is 2.34. The maximum atomic E-state index is 12.7. The van der Waals surface area contributed by atoms with Crippen molar-refractivity contribution in [2.24, 2.45) is 0 Å². The molecule has 2 aliphatic heterocycles. The van der Waals surface area contributed by atoms with Crippen LogP contribution in [0, 0.1) is 0 Å². The molecule has 2 aromatic rings. The first kappa shape index (κ1) is 25.5. The number of hydrogen-bond donors (Lipinski definition) is 1. The van der Waals surface area contributed by atoms with Crippen LogP contribution in [0.1, 0.15) is 25.3 Å². The van der Waals surface area contributed by atoms with Gasteiger partial charge in [-0.1, -0.05) is 12.1 Å². The number of nitrogens with zero attached hydrogens (tertiary/aromatic N) is 2. The van der Waals surface area contributed by atoms with Crippen LogP contribution in [0.15, 0.2) is 58.3 Å². The van der Waals surface area contributed by atoms with Gasteiger partial charge in [-0.2, -0.15) is 8.42 Å². The molecule has 188 valence electrons. The molecule has 36 heavy (non-hydrogen) atoms. The van der Waals surface area contributed by atoms with E-state index in [4.69, 9.17) is 4.18 Å². The van der Waals surface area contributed by atoms with Gasteiger partial charge in [0.15, 0.2) is 0 Å². The molecule has 0 radical (unpaired) electrons. The van der Waals surface area contributed by atoms with E-state index in [1.165, 1.54) is 49.4 Å². The van der Waals surface area contributed by atoms with E-state index in [0.717, 1.165) is 29.5 Å². The zero-order valence-corrected chi connectivity index (χ0v) is 20.9. The summed E-state index contributed by atoms with van der Waals surface area (Å²) in [5, 5.41) is 2.05. The molecule has 0 spiro atoms. The first-order valence-electron chi connectivity index (χ1n) is 11.1. The predicted octanol–water partition coefficient (Wildman–Crippen LogP) is 3.07. The van der Waals surface area contributed by atoms with Crippen molar-refractivity contribution in [3.05, 3.63) is 59.0 Å². The number of hydrogen-bond acceptors (Lipinski definition) is 8. The highest BCUT2D eigenvalue weighted by molar-refractivity contribution is 8.18. The van der Waals surface area contributed by atoms with Crippen molar-refractivity contribution < 1.29 is 31.8 Å². The van der Waals surface area contributed by atoms with Crippen LogP contribution in [-0.4, -0.2) is 60.8 Å². The molecular formula is C24H23N3O7S2. The minimum absolute atomic E-state index is 0.0578. The van der Waals surface area contributed by atoms with Gasteiger partial charge in [0.25, 0.3) is 11.1 Å². The van der Waals surface area contributed by atoms with E-state index in [9.17, 15) is 27.6 Å². The van der Waals surface area contributed by atoms with Crippen LogP contribution in [0.4, 0.5) is 10.5 Å². The van der Waals surface area contributed by atoms with Crippen molar-refractivity contribution >= 4 is 56.6 Å². The molecule has 4 amide bonds. The Morgan fingerprint density at radius 1 is 1.03 bits per heavy atom. The fourth-order valence-electron chi connectivity index (χ4n) is 3.69. The summed E-state index contributed by atoms with van der Waals surface area (Å²) in [5.74, 6) is -1.00. The van der Waals surface area contributed by atoms with Gasteiger partial charge in [-0.25, -0.2) is 0 Å². The maximum absolute atomic E-state index is 12.7. The zero-order chi connectivity index (χ0) is 25.9. The smallest absolute Gasteiger partial charge is 0.339 e. The molecule has 2 aromatic carbocycles. The number of imide groups is 1. The second-order valence-corrected chi connectivity index (χ2v) is 10.7. The normalized spacial score (nSPS) is 17.1. The van der Waals surface area contributed by atoms with E-state index in [2.05, 4.69) is 5.32 Å². The number of likely N-dealkylation sites (tertiary alicyclic amines) is 1. The first-order chi connectivity index (χ1) is 17.1. The van der Waals surface area contributed by atoms with Crippen LogP contribution in [0.3, 0.4) is 0 Å². The summed E-state index contributed by atoms with van der Waals surface area (Å²) < 4.78 is 30.3. The Kier molecular flexibility index (Phi) is 7.45. The lowest BCUT2D eigenvalue weighted by Crippen LogP contribution is -2.40. The number of anilines is 1. The maximum Gasteiger partial charge on any atom is 0.339 e. The van der Waals surface area contributed by atoms with Gasteiger partial charge in [-0.3, -0.25) is 24.1 Å². The summed E-state index contributed by atoms with van der Waals surface area (Å²) in [6, 6.07) is 11.5. The van der Waals surface area contributed by atoms with Crippen LogP contribution in [0.5, 0.6) is 5.75 Å². The highest BCUT2D eigenvalue weighted by Gasteiger charge is 2.37. The molecule has 0 bridgehead atoms. The van der Waals surface area contributed by atoms with Crippen LogP contribution < -0.4 is 9.50 Å². The fraction of sp³-hybridized carbons (Fsp3) is 0.250. The molecule has 2 saturated heterocycles. The Balaban J connectivity index is 1.40. The molecule has 0 aromatic heterocycles. The Morgan fingerprint density at radius 2 is 1.67 bits per heavy atom. The van der Waals surface area contributed by atoms with Crippen LogP contribution >= 0.6 is 11.8 Å². The predicted molar refractivity (Wildman–Crippen MR) is 133 cm³/mol. The quantitative estimate of drug-likeness (QED) is 0.428. The van der Waals surface area contributed by atoms with E-state index in [0.29, 0.717) is 24.3 Å². The molecular weight excluding hydrogens is 506 g/mol. The van der Waals surface area contributed by atoms with Gasteiger partial charge in [0.2, 0.25) is 11.8 Å². The number of thioether (sulfide) groups is 1. The second kappa shape index (κ2) is 10.5. The van der Waals surface area contributed by atoms with E-state index >= 15 is 0 Å². The summed E-state index contributed by atoms with van der Waals surface area (Å²) >= 11 is 0.752. The Bertz CT molecular complexity index is 1330. The second-order valence-electron chi connectivity index (χ2n) is 8.17. The van der Waals surface area contributed by atoms with Crippen molar-refractivity contribution in [3.8, 4) is 5.75 Å². The van der Waals surface area contributed by atoms with Gasteiger partial charge in [0.05, 0.1) is 4.91 Å². The molecule has 12 heteroatoms. The number of carbonyl (C=O) groups excluding carboxylic acids is 4. The number of benzene rings is 2. The highest BCUT2D eigenvalue weighted by Crippen LogP contribution is 2.32. The molecule has 1 N–H and O–H groups in total. The molecule has 2 aliphatic rings. The summed E-state index contributed by atoms with van der Waals surface area (Å²) in [6.07, 6.45) is 3.34. The Hall–Kier alpha value is -3.64. The van der Waals surface area contributed by atoms with Gasteiger partial charge in [-0.15, -0.1) is 0 Å². The van der Waals surface area contributed by atoms with Crippen molar-refractivity contribution in [1.29, 1.82) is 0 Å². The highest BCUT2D eigenvalue weighted by atomic mass is 32.2. The molecule has 4 rings (SSSR count). The average molecular weight is 530 g/mol. The summed E-state index contributed by atoms with van der Waals surface area (Å²) in [4.78, 5) is 51.1. The van der Waals surface area contributed by atoms with Crippen LogP contribution in [-0.2, 0) is 24.5 Å². The number of carbonyl (C=O) groups is 4. The fourth-order valence-corrected chi connectivity index (χ4v) is 5.46. The van der Waals surface area contributed by atoms with E-state index < -0.39 is 21.3 Å². The average Bonchev–Trinajstić information content (AvgIpc) is 3.45. The van der Waals surface area contributed by atoms with Gasteiger partial charge in [0, 0.05) is 25.7 Å². The Labute approximate surface area is 212 Å². The van der Waals surface area contributed by atoms with Gasteiger partial charge in [-0.05, 0) is 72.6 Å². The summed E-state index contributed by atoms with van der Waals surface area (Å²) in [5.41, 5.74) is 1.01. The van der Waals surface area contributed by atoms with E-state index in [-0.39, 0.29) is 33.9 Å². The van der Waals surface area contributed by atoms with Crippen LogP contribution in [0.25, 0.3) is 6.08 Å². The van der Waals surface area contributed by atoms with Crippen molar-refractivity contribution in [2.75, 3.05) is 25.0 Å². The SMILES string of the molecule is CC(=O)Nc1ccc(S(=O)(=O)Oc2ccc(/C=C3\SC(=O)N(CC(=O)N4CCCC4)C3=O)cc2)cc1. The van der Waals surface area contributed by atoms with Crippen LogP contribution in [0.2, 0.25) is 0 Å². The number of amides is 4. The molecule has 0 unspecified atom stereocenters. The minimum atomic E-state index is -4.11. The molecule has 0 atom stereocenters. The van der Waals surface area contributed by atoms with Crippen molar-refractivity contribution in [3.63, 3.8) is 0 Å². The van der Waals surface area contributed by atoms with E-state index in [1.807, 2.05) is 0 Å². The third-order valence-electron chi connectivity index (χ3n) is 5.47. The van der Waals surface area contributed by atoms with Crippen molar-refractivity contribution in [1.82, 2.24) is 9.80 Å². The lowest BCUT2D eigenvalue weighted by atomic mass is 10.2. The minimum Gasteiger partial charge on any atom is -0.379 e. The topological polar surface area (TPSA) is 130 Å². The lowest BCUT2D eigenvalue weighted by Gasteiger charge is -2.18. The Morgan fingerprint density at radius 3 is 2.28 bits per heavy atom. The first-order valence-corrected chi connectivity index (χ1v) is 13.3. The van der Waals surface area contributed by atoms with Gasteiger partial charge in [0.1, 0.15) is 17.2 Å². The molecule has 2 fully saturated rings. The van der Waals surface area contributed by atoms with Crippen molar-refractivity contribution in [2.45, 2.75) is 24.7 Å². The number of rotatable bonds is 7. The monoisotopic (exact) mass is 529 g/mol. The zero-order valence-electron chi connectivity index (χ0n) is 19.3. The number of nitrogens with one attached hydrogen (secondary N) is 1. The molecule has 0 saturated carbocycles. The molecule has 0 aliphatic carbocycles. The summed E-state index contributed by atoms with van der Waals surface area (Å²) in [7, 11) is -4.11. The third-order valence-corrected chi connectivity index (χ3v) is 7.64. The third kappa shape index (κ3) is 5.94. The standard InChI is InChI=1S/C24H23N3O7S2/c1-16(28)25-18-6-10-20(11-7-18)36(32,33)34-19-8-4-17(5-9-19)14-21-23(30)27(24(31)35-21)15-22(29)26-12-2-3-13-26/h4-11,14H,2-3,12-13,15H2,1H3,(H,25,28)/b21-14-. The molecule has 10 nitrogen and oxygen atoms in total. The van der Waals surface area contributed by atoms with Gasteiger partial charge >= 0.3 is 10.1 Å². The lowest BCUT2D eigenvalue weighted by molar-refractivity contribution is -0.135.